The minimum absolute atomic E-state index is 0.0157. The van der Waals surface area contributed by atoms with Crippen molar-refractivity contribution in [2.75, 3.05) is 39.8 Å². The van der Waals surface area contributed by atoms with Crippen molar-refractivity contribution in [2.45, 2.75) is 104 Å². The highest BCUT2D eigenvalue weighted by Crippen LogP contribution is 2.20. The monoisotopic (exact) mass is 780 g/mol. The highest BCUT2D eigenvalue weighted by atomic mass is 16.5. The van der Waals surface area contributed by atoms with Gasteiger partial charge < -0.3 is 31.3 Å². The number of urea groups is 1. The Morgan fingerprint density at radius 2 is 1.48 bits per heavy atom. The number of nitrogens with zero attached hydrogens (tertiary/aromatic N) is 2. The van der Waals surface area contributed by atoms with Crippen molar-refractivity contribution in [1.82, 2.24) is 25.8 Å². The van der Waals surface area contributed by atoms with Gasteiger partial charge in [-0.2, -0.15) is 0 Å². The van der Waals surface area contributed by atoms with E-state index in [0.29, 0.717) is 50.8 Å². The number of carbonyl (C=O) groups is 8. The third-order valence-electron chi connectivity index (χ3n) is 10.2. The van der Waals surface area contributed by atoms with Gasteiger partial charge in [-0.3, -0.25) is 38.5 Å². The van der Waals surface area contributed by atoms with Gasteiger partial charge in [0.1, 0.15) is 12.4 Å². The zero-order chi connectivity index (χ0) is 41.0. The highest BCUT2D eigenvalue weighted by molar-refractivity contribution is 6.12. The first kappa shape index (κ1) is 45.5. The normalized spacial score (nSPS) is 15.8. The van der Waals surface area contributed by atoms with Crippen molar-refractivity contribution in [3.05, 3.63) is 47.5 Å². The molecule has 2 heterocycles. The Labute approximate surface area is 329 Å². The summed E-state index contributed by atoms with van der Waals surface area (Å²) in [6, 6.07) is 5.51. The van der Waals surface area contributed by atoms with Crippen LogP contribution >= 0.6 is 0 Å². The quantitative estimate of drug-likeness (QED) is 0.0647. The Hall–Kier alpha value is -4.92. The van der Waals surface area contributed by atoms with Gasteiger partial charge in [0, 0.05) is 69.3 Å². The smallest absolute Gasteiger partial charge is 0.312 e. The maximum absolute atomic E-state index is 13.6. The fourth-order valence-electron chi connectivity index (χ4n) is 6.68. The Balaban J connectivity index is 1.44. The molecule has 0 radical (unpaired) electrons. The zero-order valence-electron chi connectivity index (χ0n) is 33.1. The average molecular weight is 781 g/mol. The van der Waals surface area contributed by atoms with Crippen molar-refractivity contribution in [2.24, 2.45) is 23.5 Å². The average Bonchev–Trinajstić information content (AvgIpc) is 3.48. The van der Waals surface area contributed by atoms with Gasteiger partial charge in [0.15, 0.2) is 5.78 Å². The van der Waals surface area contributed by atoms with Crippen molar-refractivity contribution in [3.8, 4) is 0 Å². The van der Waals surface area contributed by atoms with E-state index in [1.165, 1.54) is 17.1 Å². The molecule has 0 bridgehead atoms. The van der Waals surface area contributed by atoms with Gasteiger partial charge in [-0.05, 0) is 82.1 Å². The number of hydrogen-bond acceptors (Lipinski definition) is 10. The largest absolute Gasteiger partial charge is 0.461 e. The number of Topliss-reactive ketones (excluding diaryl/α,β-unsaturated/α-hetero) is 2. The number of ketones is 2. The van der Waals surface area contributed by atoms with Gasteiger partial charge in [-0.15, -0.1) is 0 Å². The zero-order valence-corrected chi connectivity index (χ0v) is 33.1. The molecule has 1 fully saturated rings. The van der Waals surface area contributed by atoms with E-state index in [1.54, 1.807) is 24.3 Å². The van der Waals surface area contributed by atoms with Crippen LogP contribution < -0.4 is 21.7 Å². The van der Waals surface area contributed by atoms with Crippen LogP contribution in [-0.2, 0) is 51.3 Å². The number of nitrogens with one attached hydrogen (secondary N) is 3. The van der Waals surface area contributed by atoms with Crippen LogP contribution in [0.1, 0.15) is 95.6 Å². The van der Waals surface area contributed by atoms with Crippen LogP contribution in [0.5, 0.6) is 0 Å². The lowest BCUT2D eigenvalue weighted by Gasteiger charge is -2.28. The van der Waals surface area contributed by atoms with Crippen molar-refractivity contribution in [1.29, 1.82) is 0 Å². The number of likely N-dealkylation sites (tertiary alicyclic amines) is 1. The lowest BCUT2D eigenvalue weighted by Crippen LogP contribution is -2.46. The van der Waals surface area contributed by atoms with Gasteiger partial charge in [-0.25, -0.2) is 4.79 Å². The summed E-state index contributed by atoms with van der Waals surface area (Å²) in [7, 11) is 2.04. The number of nitrogens with two attached hydrogens (primary N) is 1. The van der Waals surface area contributed by atoms with Gasteiger partial charge >= 0.3 is 12.0 Å². The maximum Gasteiger partial charge on any atom is 0.312 e. The highest BCUT2D eigenvalue weighted by Gasteiger charge is 2.29. The number of esters is 1. The second-order valence-corrected chi connectivity index (χ2v) is 15.2. The van der Waals surface area contributed by atoms with E-state index < -0.39 is 23.9 Å². The van der Waals surface area contributed by atoms with Crippen LogP contribution in [0.2, 0.25) is 0 Å². The number of hydrogen-bond donors (Lipinski definition) is 4. The van der Waals surface area contributed by atoms with Crippen LogP contribution in [0.4, 0.5) is 4.79 Å². The Kier molecular flexibility index (Phi) is 19.4. The summed E-state index contributed by atoms with van der Waals surface area (Å²) in [6.45, 7) is 6.49. The standard InChI is InChI=1S/C41H60N6O9/c1-28(2)33(26-32(48)9-5-4-6-22-47-36(50)16-17-37(47)51)40(54)45-34(10-7-21-44-41(42)55)35(49)25-29-12-14-30(15-13-29)27-56-38(52)11-8-20-43-39(53)31-18-23-46(3)24-19-31/h12-17,28,31,33-34H,4-11,18-27H2,1-3H3,(H,43,53)(H,45,54)(H3,42,44,55)/t33-,34-/m0/s1. The second-order valence-electron chi connectivity index (χ2n) is 15.2. The van der Waals surface area contributed by atoms with Gasteiger partial charge in [0.2, 0.25) is 11.8 Å². The van der Waals surface area contributed by atoms with Crippen molar-refractivity contribution >= 4 is 47.2 Å². The minimum atomic E-state index is -0.867. The first-order chi connectivity index (χ1) is 26.7. The fourth-order valence-corrected chi connectivity index (χ4v) is 6.68. The predicted octanol–water partition coefficient (Wildman–Crippen LogP) is 2.73. The lowest BCUT2D eigenvalue weighted by atomic mass is 9.88. The molecule has 56 heavy (non-hydrogen) atoms. The number of carbonyl (C=O) groups excluding carboxylic acids is 8. The molecular formula is C41H60N6O9. The van der Waals surface area contributed by atoms with Crippen molar-refractivity contribution in [3.63, 3.8) is 0 Å². The molecule has 2 aliphatic heterocycles. The molecule has 0 spiro atoms. The first-order valence-electron chi connectivity index (χ1n) is 19.8. The molecule has 1 aromatic carbocycles. The number of primary amides is 1. The molecule has 6 amide bonds. The summed E-state index contributed by atoms with van der Waals surface area (Å²) in [5.74, 6) is -2.53. The molecule has 15 nitrogen and oxygen atoms in total. The molecule has 1 saturated heterocycles. The molecule has 0 aromatic heterocycles. The number of benzene rings is 1. The van der Waals surface area contributed by atoms with Crippen LogP contribution in [0.25, 0.3) is 0 Å². The molecule has 5 N–H and O–H groups in total. The van der Waals surface area contributed by atoms with Crippen LogP contribution in [0, 0.1) is 17.8 Å². The summed E-state index contributed by atoms with van der Waals surface area (Å²) < 4.78 is 5.41. The fraction of sp³-hybridized carbons (Fsp3) is 0.610. The molecule has 15 heteroatoms. The van der Waals surface area contributed by atoms with E-state index in [0.717, 1.165) is 31.5 Å². The number of piperidine rings is 1. The summed E-state index contributed by atoms with van der Waals surface area (Å²) in [6.07, 6.45) is 7.52. The summed E-state index contributed by atoms with van der Waals surface area (Å²) in [5.41, 5.74) is 6.62. The molecule has 0 unspecified atom stereocenters. The minimum Gasteiger partial charge on any atom is -0.461 e. The Morgan fingerprint density at radius 1 is 0.839 bits per heavy atom. The Morgan fingerprint density at radius 3 is 2.12 bits per heavy atom. The molecule has 0 aliphatic carbocycles. The number of imide groups is 1. The molecule has 1 aromatic rings. The molecule has 308 valence electrons. The third-order valence-corrected chi connectivity index (χ3v) is 10.2. The lowest BCUT2D eigenvalue weighted by molar-refractivity contribution is -0.145. The SMILES string of the molecule is CC(C)[C@H](CC(=O)CCCCCN1C(=O)C=CC1=O)C(=O)N[C@@H](CCCNC(N)=O)C(=O)Cc1ccc(COC(=O)CCCNC(=O)C2CCN(C)CC2)cc1. The number of ether oxygens (including phenoxy) is 1. The van der Waals surface area contributed by atoms with E-state index in [-0.39, 0.29) is 92.3 Å². The molecular weight excluding hydrogens is 720 g/mol. The molecule has 3 rings (SSSR count). The second kappa shape index (κ2) is 23.9. The number of amides is 6. The number of rotatable bonds is 25. The van der Waals surface area contributed by atoms with E-state index in [9.17, 15) is 38.4 Å². The van der Waals surface area contributed by atoms with E-state index in [1.807, 2.05) is 20.9 Å². The number of unbranched alkanes of at least 4 members (excludes halogenated alkanes) is 2. The van der Waals surface area contributed by atoms with Gasteiger partial charge in [-0.1, -0.05) is 44.5 Å². The first-order valence-corrected chi connectivity index (χ1v) is 19.8. The molecule has 2 aliphatic rings. The van der Waals surface area contributed by atoms with Crippen LogP contribution in [-0.4, -0.2) is 103 Å². The Bertz CT molecular complexity index is 1530. The maximum atomic E-state index is 13.6. The van der Waals surface area contributed by atoms with Crippen molar-refractivity contribution < 1.29 is 43.1 Å². The predicted molar refractivity (Wildman–Crippen MR) is 208 cm³/mol. The van der Waals surface area contributed by atoms with Gasteiger partial charge in [0.05, 0.1) is 6.04 Å². The van der Waals surface area contributed by atoms with Crippen LogP contribution in [0.15, 0.2) is 36.4 Å². The summed E-state index contributed by atoms with van der Waals surface area (Å²) in [5, 5.41) is 8.29. The summed E-state index contributed by atoms with van der Waals surface area (Å²) >= 11 is 0. The summed E-state index contributed by atoms with van der Waals surface area (Å²) in [4.78, 5) is 103. The molecule has 0 saturated carbocycles. The van der Waals surface area contributed by atoms with Gasteiger partial charge in [0.25, 0.3) is 11.8 Å². The van der Waals surface area contributed by atoms with E-state index in [2.05, 4.69) is 20.9 Å². The van der Waals surface area contributed by atoms with Crippen LogP contribution in [0.3, 0.4) is 0 Å². The van der Waals surface area contributed by atoms with E-state index in [4.69, 9.17) is 10.5 Å². The topological polar surface area (TPSA) is 214 Å². The van der Waals surface area contributed by atoms with E-state index >= 15 is 0 Å². The molecule has 2 atom stereocenters. The third kappa shape index (κ3) is 16.4.